The van der Waals surface area contributed by atoms with Crippen LogP contribution in [0, 0.1) is 0 Å². The van der Waals surface area contributed by atoms with Crippen molar-refractivity contribution in [3.05, 3.63) is 47.9 Å². The van der Waals surface area contributed by atoms with Crippen LogP contribution in [0.1, 0.15) is 16.1 Å². The van der Waals surface area contributed by atoms with Crippen LogP contribution in [-0.4, -0.2) is 26.0 Å². The number of hydrogen-bond acceptors (Lipinski definition) is 5. The highest BCUT2D eigenvalue weighted by Crippen LogP contribution is 2.20. The standard InChI is InChI=1S/C13H14N2O5S/c14-21(18,19)10-3-4-12(11(8-10)13(16)17)15-6-5-9-2-1-7-20-9/h1-4,7-8,15H,5-6H2,(H,16,17)(H2,14,18,19). The highest BCUT2D eigenvalue weighted by molar-refractivity contribution is 7.89. The van der Waals surface area contributed by atoms with Gasteiger partial charge in [-0.2, -0.15) is 0 Å². The summed E-state index contributed by atoms with van der Waals surface area (Å²) >= 11 is 0. The van der Waals surface area contributed by atoms with Crippen molar-refractivity contribution in [2.45, 2.75) is 11.3 Å². The van der Waals surface area contributed by atoms with Crippen LogP contribution in [0.25, 0.3) is 0 Å². The number of sulfonamides is 1. The van der Waals surface area contributed by atoms with E-state index in [2.05, 4.69) is 5.32 Å². The summed E-state index contributed by atoms with van der Waals surface area (Å²) in [5, 5.41) is 17.1. The molecule has 21 heavy (non-hydrogen) atoms. The number of rotatable bonds is 6. The number of benzene rings is 1. The Balaban J connectivity index is 2.17. The van der Waals surface area contributed by atoms with E-state index in [1.165, 1.54) is 12.1 Å². The molecule has 0 atom stereocenters. The number of carboxylic acids is 1. The molecule has 0 aliphatic rings. The third-order valence-corrected chi connectivity index (χ3v) is 3.73. The lowest BCUT2D eigenvalue weighted by atomic mass is 10.1. The average Bonchev–Trinajstić information content (AvgIpc) is 2.90. The number of furan rings is 1. The van der Waals surface area contributed by atoms with Gasteiger partial charge in [-0.05, 0) is 30.3 Å². The lowest BCUT2D eigenvalue weighted by molar-refractivity contribution is 0.0697. The third kappa shape index (κ3) is 3.83. The molecule has 0 fully saturated rings. The van der Waals surface area contributed by atoms with E-state index in [0.717, 1.165) is 11.8 Å². The van der Waals surface area contributed by atoms with Crippen LogP contribution >= 0.6 is 0 Å². The molecule has 0 radical (unpaired) electrons. The molecule has 7 nitrogen and oxygen atoms in total. The van der Waals surface area contributed by atoms with Crippen molar-refractivity contribution in [2.75, 3.05) is 11.9 Å². The first-order valence-electron chi connectivity index (χ1n) is 6.04. The van der Waals surface area contributed by atoms with Gasteiger partial charge >= 0.3 is 5.97 Å². The summed E-state index contributed by atoms with van der Waals surface area (Å²) < 4.78 is 27.6. The number of primary sulfonamides is 1. The van der Waals surface area contributed by atoms with Gasteiger partial charge in [0.2, 0.25) is 10.0 Å². The monoisotopic (exact) mass is 310 g/mol. The Morgan fingerprint density at radius 1 is 1.33 bits per heavy atom. The Labute approximate surface area is 121 Å². The Kier molecular flexibility index (Phi) is 4.29. The average molecular weight is 310 g/mol. The fourth-order valence-electron chi connectivity index (χ4n) is 1.81. The van der Waals surface area contributed by atoms with Gasteiger partial charge in [0.1, 0.15) is 5.76 Å². The summed E-state index contributed by atoms with van der Waals surface area (Å²) in [4.78, 5) is 11.0. The summed E-state index contributed by atoms with van der Waals surface area (Å²) in [5.74, 6) is -0.471. The minimum absolute atomic E-state index is 0.152. The quantitative estimate of drug-likeness (QED) is 0.738. The Morgan fingerprint density at radius 3 is 2.67 bits per heavy atom. The van der Waals surface area contributed by atoms with Crippen molar-refractivity contribution in [3.63, 3.8) is 0 Å². The number of nitrogens with two attached hydrogens (primary N) is 1. The second-order valence-corrected chi connectivity index (χ2v) is 5.88. The summed E-state index contributed by atoms with van der Waals surface area (Å²) in [5.41, 5.74) is 0.169. The molecule has 0 aliphatic carbocycles. The van der Waals surface area contributed by atoms with Crippen molar-refractivity contribution in [3.8, 4) is 0 Å². The molecule has 112 valence electrons. The van der Waals surface area contributed by atoms with E-state index < -0.39 is 16.0 Å². The summed E-state index contributed by atoms with van der Waals surface area (Å²) in [7, 11) is -3.94. The number of hydrogen-bond donors (Lipinski definition) is 3. The van der Waals surface area contributed by atoms with Gasteiger partial charge in [-0.25, -0.2) is 18.4 Å². The molecule has 1 aromatic heterocycles. The molecule has 0 amide bonds. The van der Waals surface area contributed by atoms with Gasteiger partial charge in [0.25, 0.3) is 0 Å². The van der Waals surface area contributed by atoms with Crippen LogP contribution in [0.5, 0.6) is 0 Å². The highest BCUT2D eigenvalue weighted by atomic mass is 32.2. The SMILES string of the molecule is NS(=O)(=O)c1ccc(NCCc2ccco2)c(C(=O)O)c1. The second kappa shape index (κ2) is 5.98. The predicted octanol–water partition coefficient (Wildman–Crippen LogP) is 1.28. The maximum Gasteiger partial charge on any atom is 0.337 e. The lowest BCUT2D eigenvalue weighted by Gasteiger charge is -2.10. The maximum atomic E-state index is 11.2. The lowest BCUT2D eigenvalue weighted by Crippen LogP contribution is -2.15. The zero-order chi connectivity index (χ0) is 15.5. The molecule has 2 aromatic rings. The zero-order valence-electron chi connectivity index (χ0n) is 10.9. The van der Waals surface area contributed by atoms with E-state index >= 15 is 0 Å². The first kappa shape index (κ1) is 15.1. The molecule has 4 N–H and O–H groups in total. The zero-order valence-corrected chi connectivity index (χ0v) is 11.8. The van der Waals surface area contributed by atoms with Gasteiger partial charge in [-0.1, -0.05) is 0 Å². The number of carbonyl (C=O) groups is 1. The summed E-state index contributed by atoms with van der Waals surface area (Å²) in [6, 6.07) is 7.25. The molecule has 0 unspecified atom stereocenters. The number of carboxylic acid groups (broad SMARTS) is 1. The van der Waals surface area contributed by atoms with Crippen molar-refractivity contribution in [1.29, 1.82) is 0 Å². The van der Waals surface area contributed by atoms with Crippen LogP contribution in [0.2, 0.25) is 0 Å². The van der Waals surface area contributed by atoms with Crippen LogP contribution in [0.15, 0.2) is 45.9 Å². The summed E-state index contributed by atoms with van der Waals surface area (Å²) in [6.45, 7) is 0.447. The first-order valence-corrected chi connectivity index (χ1v) is 7.59. The maximum absolute atomic E-state index is 11.2. The van der Waals surface area contributed by atoms with Gasteiger partial charge in [-0.15, -0.1) is 0 Å². The highest BCUT2D eigenvalue weighted by Gasteiger charge is 2.15. The minimum Gasteiger partial charge on any atom is -0.478 e. The Bertz CT molecular complexity index is 738. The van der Waals surface area contributed by atoms with Crippen molar-refractivity contribution in [1.82, 2.24) is 0 Å². The first-order chi connectivity index (χ1) is 9.88. The molecule has 0 bridgehead atoms. The largest absolute Gasteiger partial charge is 0.478 e. The normalized spacial score (nSPS) is 11.3. The second-order valence-electron chi connectivity index (χ2n) is 4.31. The van der Waals surface area contributed by atoms with Crippen molar-refractivity contribution in [2.24, 2.45) is 5.14 Å². The molecule has 0 saturated heterocycles. The van der Waals surface area contributed by atoms with Crippen molar-refractivity contribution < 1.29 is 22.7 Å². The molecular formula is C13H14N2O5S. The molecule has 0 saturated carbocycles. The van der Waals surface area contributed by atoms with Crippen LogP contribution < -0.4 is 10.5 Å². The molecule has 8 heteroatoms. The van der Waals surface area contributed by atoms with Gasteiger partial charge in [-0.3, -0.25) is 0 Å². The Morgan fingerprint density at radius 2 is 2.10 bits per heavy atom. The smallest absolute Gasteiger partial charge is 0.337 e. The van der Waals surface area contributed by atoms with Crippen molar-refractivity contribution >= 4 is 21.7 Å². The van der Waals surface area contributed by atoms with E-state index in [0.29, 0.717) is 18.7 Å². The van der Waals surface area contributed by atoms with E-state index in [1.54, 1.807) is 12.3 Å². The molecule has 0 aliphatic heterocycles. The number of aromatic carboxylic acids is 1. The van der Waals surface area contributed by atoms with Crippen LogP contribution in [-0.2, 0) is 16.4 Å². The van der Waals surface area contributed by atoms with Crippen LogP contribution in [0.3, 0.4) is 0 Å². The molecule has 1 aromatic carbocycles. The fourth-order valence-corrected chi connectivity index (χ4v) is 2.35. The van der Waals surface area contributed by atoms with E-state index in [-0.39, 0.29) is 10.5 Å². The molecule has 2 rings (SSSR count). The van der Waals surface area contributed by atoms with E-state index in [4.69, 9.17) is 14.7 Å². The summed E-state index contributed by atoms with van der Waals surface area (Å²) in [6.07, 6.45) is 2.13. The van der Waals surface area contributed by atoms with Gasteiger partial charge in [0.15, 0.2) is 0 Å². The number of anilines is 1. The van der Waals surface area contributed by atoms with Crippen LogP contribution in [0.4, 0.5) is 5.69 Å². The van der Waals surface area contributed by atoms with E-state index in [9.17, 15) is 13.2 Å². The number of nitrogens with one attached hydrogen (secondary N) is 1. The van der Waals surface area contributed by atoms with Gasteiger partial charge in [0.05, 0.1) is 16.7 Å². The topological polar surface area (TPSA) is 123 Å². The predicted molar refractivity (Wildman–Crippen MR) is 75.7 cm³/mol. The minimum atomic E-state index is -3.94. The van der Waals surface area contributed by atoms with Gasteiger partial charge < -0.3 is 14.8 Å². The Hall–Kier alpha value is -2.32. The molecule has 1 heterocycles. The van der Waals surface area contributed by atoms with E-state index in [1.807, 2.05) is 6.07 Å². The third-order valence-electron chi connectivity index (χ3n) is 2.82. The van der Waals surface area contributed by atoms with Gasteiger partial charge in [0, 0.05) is 18.7 Å². The fraction of sp³-hybridized carbons (Fsp3) is 0.154. The molecular weight excluding hydrogens is 296 g/mol. The molecule has 0 spiro atoms.